The number of rotatable bonds is 6. The van der Waals surface area contributed by atoms with Crippen molar-refractivity contribution in [3.63, 3.8) is 0 Å². The summed E-state index contributed by atoms with van der Waals surface area (Å²) in [5, 5.41) is 29.7. The van der Waals surface area contributed by atoms with Gasteiger partial charge in [-0.2, -0.15) is 0 Å². The first kappa shape index (κ1) is 19.9. The van der Waals surface area contributed by atoms with Gasteiger partial charge in [-0.1, -0.05) is 36.4 Å². The number of phenolic OH excluding ortho intramolecular Hbond substituents is 1. The molecule has 3 rings (SSSR count). The van der Waals surface area contributed by atoms with Gasteiger partial charge in [-0.3, -0.25) is 14.4 Å². The molecular weight excluding hydrogens is 378 g/mol. The van der Waals surface area contributed by atoms with Gasteiger partial charge in [-0.05, 0) is 17.7 Å². The third-order valence-corrected chi connectivity index (χ3v) is 4.67. The van der Waals surface area contributed by atoms with Crippen molar-refractivity contribution in [2.75, 3.05) is 13.7 Å². The van der Waals surface area contributed by atoms with E-state index < -0.39 is 23.7 Å². The standard InChI is InChI=1S/C21H19NO7/c1-29-15-11-13(7-8-14(15)23)18-17(19(26)12-5-3-2-4-6-12)20(27)21(28)22(18)10-9-16(24)25/h2-8,11,18,23,26H,9-10H2,1H3,(H,24,25)/b19-17+/t18-/m1/s1. The number of hydrogen-bond donors (Lipinski definition) is 3. The van der Waals surface area contributed by atoms with Gasteiger partial charge in [-0.15, -0.1) is 0 Å². The molecule has 29 heavy (non-hydrogen) atoms. The summed E-state index contributed by atoms with van der Waals surface area (Å²) in [5.74, 6) is -3.32. The van der Waals surface area contributed by atoms with Crippen molar-refractivity contribution >= 4 is 23.4 Å². The van der Waals surface area contributed by atoms with Crippen LogP contribution in [0.2, 0.25) is 0 Å². The Bertz CT molecular complexity index is 997. The van der Waals surface area contributed by atoms with Gasteiger partial charge in [0.2, 0.25) is 0 Å². The number of aliphatic hydroxyl groups excluding tert-OH is 1. The van der Waals surface area contributed by atoms with Crippen LogP contribution < -0.4 is 4.74 Å². The number of carbonyl (C=O) groups excluding carboxylic acids is 2. The molecule has 1 atom stereocenters. The summed E-state index contributed by atoms with van der Waals surface area (Å²) in [6.45, 7) is -0.223. The minimum absolute atomic E-state index is 0.117. The summed E-state index contributed by atoms with van der Waals surface area (Å²) in [4.78, 5) is 37.5. The molecular formula is C21H19NO7. The Labute approximate surface area is 166 Å². The summed E-state index contributed by atoms with van der Waals surface area (Å²) in [6, 6.07) is 11.5. The summed E-state index contributed by atoms with van der Waals surface area (Å²) in [6.07, 6.45) is -0.371. The minimum Gasteiger partial charge on any atom is -0.507 e. The highest BCUT2D eigenvalue weighted by Gasteiger charge is 2.46. The van der Waals surface area contributed by atoms with Gasteiger partial charge in [-0.25, -0.2) is 0 Å². The van der Waals surface area contributed by atoms with Crippen molar-refractivity contribution in [2.24, 2.45) is 0 Å². The van der Waals surface area contributed by atoms with E-state index >= 15 is 0 Å². The van der Waals surface area contributed by atoms with Crippen LogP contribution in [0, 0.1) is 0 Å². The number of aliphatic hydroxyl groups is 1. The number of phenols is 1. The number of Topliss-reactive ketones (excluding diaryl/α,β-unsaturated/α-hetero) is 1. The second kappa shape index (κ2) is 8.05. The molecule has 1 aliphatic heterocycles. The maximum atomic E-state index is 12.7. The number of nitrogens with zero attached hydrogens (tertiary/aromatic N) is 1. The number of ether oxygens (including phenoxy) is 1. The SMILES string of the molecule is COc1cc([C@@H]2/C(=C(\O)c3ccccc3)C(=O)C(=O)N2CCC(=O)O)ccc1O. The molecule has 1 saturated heterocycles. The first-order chi connectivity index (χ1) is 13.8. The number of ketones is 1. The van der Waals surface area contributed by atoms with Crippen molar-refractivity contribution in [3.05, 3.63) is 65.2 Å². The van der Waals surface area contributed by atoms with E-state index in [1.165, 1.54) is 25.3 Å². The van der Waals surface area contributed by atoms with Crippen LogP contribution in [0.15, 0.2) is 54.1 Å². The summed E-state index contributed by atoms with van der Waals surface area (Å²) >= 11 is 0. The molecule has 2 aromatic carbocycles. The molecule has 0 unspecified atom stereocenters. The van der Waals surface area contributed by atoms with Gasteiger partial charge in [0.1, 0.15) is 5.76 Å². The second-order valence-corrected chi connectivity index (χ2v) is 6.43. The molecule has 8 nitrogen and oxygen atoms in total. The van der Waals surface area contributed by atoms with E-state index in [2.05, 4.69) is 0 Å². The average Bonchev–Trinajstić information content (AvgIpc) is 2.97. The molecule has 1 aliphatic rings. The maximum Gasteiger partial charge on any atom is 0.305 e. The lowest BCUT2D eigenvalue weighted by Crippen LogP contribution is -2.31. The van der Waals surface area contributed by atoms with E-state index in [1.807, 2.05) is 0 Å². The zero-order valence-electron chi connectivity index (χ0n) is 15.5. The second-order valence-electron chi connectivity index (χ2n) is 6.43. The van der Waals surface area contributed by atoms with Crippen LogP contribution in [0.3, 0.4) is 0 Å². The van der Waals surface area contributed by atoms with E-state index in [0.717, 1.165) is 4.90 Å². The lowest BCUT2D eigenvalue weighted by atomic mass is 9.95. The Hall–Kier alpha value is -3.81. The number of aromatic hydroxyl groups is 1. The fraction of sp³-hybridized carbons (Fsp3) is 0.190. The smallest absolute Gasteiger partial charge is 0.305 e. The number of amides is 1. The summed E-state index contributed by atoms with van der Waals surface area (Å²) in [5.41, 5.74) is 0.584. The predicted octanol–water partition coefficient (Wildman–Crippen LogP) is 2.30. The molecule has 3 N–H and O–H groups in total. The summed E-state index contributed by atoms with van der Waals surface area (Å²) in [7, 11) is 1.35. The number of carbonyl (C=O) groups is 3. The van der Waals surface area contributed by atoms with Gasteiger partial charge in [0.15, 0.2) is 11.5 Å². The fourth-order valence-corrected chi connectivity index (χ4v) is 3.29. The molecule has 0 aliphatic carbocycles. The molecule has 0 aromatic heterocycles. The first-order valence-corrected chi connectivity index (χ1v) is 8.77. The first-order valence-electron chi connectivity index (χ1n) is 8.77. The largest absolute Gasteiger partial charge is 0.507 e. The zero-order chi connectivity index (χ0) is 21.1. The zero-order valence-corrected chi connectivity index (χ0v) is 15.5. The molecule has 0 radical (unpaired) electrons. The molecule has 0 saturated carbocycles. The average molecular weight is 397 g/mol. The van der Waals surface area contributed by atoms with Crippen molar-refractivity contribution < 1.29 is 34.4 Å². The fourth-order valence-electron chi connectivity index (χ4n) is 3.29. The Balaban J connectivity index is 2.18. The van der Waals surface area contributed by atoms with Crippen LogP contribution in [0.4, 0.5) is 0 Å². The lowest BCUT2D eigenvalue weighted by molar-refractivity contribution is -0.142. The third kappa shape index (κ3) is 3.77. The van der Waals surface area contributed by atoms with Crippen LogP contribution in [0.25, 0.3) is 5.76 Å². The van der Waals surface area contributed by atoms with Crippen LogP contribution >= 0.6 is 0 Å². The van der Waals surface area contributed by atoms with E-state index in [0.29, 0.717) is 11.1 Å². The third-order valence-electron chi connectivity index (χ3n) is 4.67. The Morgan fingerprint density at radius 1 is 1.10 bits per heavy atom. The van der Waals surface area contributed by atoms with Crippen LogP contribution in [-0.2, 0) is 14.4 Å². The number of carboxylic acid groups (broad SMARTS) is 1. The van der Waals surface area contributed by atoms with E-state index in [4.69, 9.17) is 9.84 Å². The van der Waals surface area contributed by atoms with Crippen LogP contribution in [0.5, 0.6) is 11.5 Å². The highest BCUT2D eigenvalue weighted by Crippen LogP contribution is 2.41. The number of methoxy groups -OCH3 is 1. The highest BCUT2D eigenvalue weighted by molar-refractivity contribution is 6.46. The topological polar surface area (TPSA) is 124 Å². The van der Waals surface area contributed by atoms with Crippen molar-refractivity contribution in [3.8, 4) is 11.5 Å². The summed E-state index contributed by atoms with van der Waals surface area (Å²) < 4.78 is 5.10. The van der Waals surface area contributed by atoms with Crippen LogP contribution in [0.1, 0.15) is 23.6 Å². The molecule has 1 fully saturated rings. The number of likely N-dealkylation sites (tertiary alicyclic amines) is 1. The van der Waals surface area contributed by atoms with Gasteiger partial charge < -0.3 is 25.0 Å². The molecule has 1 heterocycles. The minimum atomic E-state index is -1.13. The molecule has 0 spiro atoms. The molecule has 150 valence electrons. The van der Waals surface area contributed by atoms with Crippen molar-refractivity contribution in [2.45, 2.75) is 12.5 Å². The normalized spacial score (nSPS) is 18.1. The lowest BCUT2D eigenvalue weighted by Gasteiger charge is -2.25. The van der Waals surface area contributed by atoms with Gasteiger partial charge >= 0.3 is 5.97 Å². The van der Waals surface area contributed by atoms with Crippen molar-refractivity contribution in [1.82, 2.24) is 4.90 Å². The monoisotopic (exact) mass is 397 g/mol. The molecule has 1 amide bonds. The number of aliphatic carboxylic acids is 1. The Morgan fingerprint density at radius 3 is 2.41 bits per heavy atom. The van der Waals surface area contributed by atoms with Gasteiger partial charge in [0, 0.05) is 12.1 Å². The molecule has 0 bridgehead atoms. The van der Waals surface area contributed by atoms with E-state index in [-0.39, 0.29) is 35.8 Å². The number of hydrogen-bond acceptors (Lipinski definition) is 6. The Morgan fingerprint density at radius 2 is 1.79 bits per heavy atom. The van der Waals surface area contributed by atoms with Gasteiger partial charge in [0.05, 0.1) is 25.1 Å². The number of benzene rings is 2. The van der Waals surface area contributed by atoms with Crippen molar-refractivity contribution in [1.29, 1.82) is 0 Å². The van der Waals surface area contributed by atoms with Gasteiger partial charge in [0.25, 0.3) is 11.7 Å². The van der Waals surface area contributed by atoms with E-state index in [9.17, 15) is 24.6 Å². The predicted molar refractivity (Wildman–Crippen MR) is 102 cm³/mol. The Kier molecular flexibility index (Phi) is 5.54. The quantitative estimate of drug-likeness (QED) is 0.388. The van der Waals surface area contributed by atoms with Crippen LogP contribution in [-0.4, -0.2) is 51.5 Å². The highest BCUT2D eigenvalue weighted by atomic mass is 16.5. The molecule has 8 heteroatoms. The van der Waals surface area contributed by atoms with E-state index in [1.54, 1.807) is 30.3 Å². The maximum absolute atomic E-state index is 12.7. The number of carboxylic acids is 1. The molecule has 2 aromatic rings.